The Labute approximate surface area is 213 Å². The number of alkyl halides is 3. The smallest absolute Gasteiger partial charge is 0.475 e. The molecular weight excluding hydrogens is 515 g/mol. The average Bonchev–Trinajstić information content (AvgIpc) is 3.65. The lowest BCUT2D eigenvalue weighted by Gasteiger charge is -2.25. The summed E-state index contributed by atoms with van der Waals surface area (Å²) in [6, 6.07) is 0.317. The number of aromatic nitrogens is 5. The zero-order valence-electron chi connectivity index (χ0n) is 20.8. The van der Waals surface area contributed by atoms with Crippen molar-refractivity contribution in [1.29, 1.82) is 0 Å². The molecule has 2 aliphatic heterocycles. The van der Waals surface area contributed by atoms with Gasteiger partial charge in [-0.15, -0.1) is 0 Å². The Kier molecular flexibility index (Phi) is 7.91. The van der Waals surface area contributed by atoms with Crippen molar-refractivity contribution in [3.63, 3.8) is 0 Å². The summed E-state index contributed by atoms with van der Waals surface area (Å²) in [5.41, 5.74) is -0.0189. The van der Waals surface area contributed by atoms with Gasteiger partial charge < -0.3 is 24.5 Å². The number of carboxylic acids is 1. The highest BCUT2D eigenvalue weighted by Gasteiger charge is 2.40. The number of carboxylic acid groups (broad SMARTS) is 1. The second kappa shape index (κ2) is 11.0. The normalized spacial score (nSPS) is 19.0. The lowest BCUT2D eigenvalue weighted by molar-refractivity contribution is -0.192. The summed E-state index contributed by atoms with van der Waals surface area (Å²) in [5, 5.41) is 10.6. The molecule has 38 heavy (non-hydrogen) atoms. The third-order valence-corrected chi connectivity index (χ3v) is 6.60. The zero-order chi connectivity index (χ0) is 27.6. The molecule has 16 heteroatoms. The van der Waals surface area contributed by atoms with E-state index in [2.05, 4.69) is 15.2 Å². The van der Waals surface area contributed by atoms with E-state index in [1.54, 1.807) is 13.2 Å². The number of hydrogen-bond acceptors (Lipinski definition) is 9. The molecular formula is C22H28F3N7O6. The lowest BCUT2D eigenvalue weighted by atomic mass is 10.1. The summed E-state index contributed by atoms with van der Waals surface area (Å²) in [6.45, 7) is 5.87. The fourth-order valence-corrected chi connectivity index (χ4v) is 4.79. The predicted octanol–water partition coefficient (Wildman–Crippen LogP) is 0.401. The molecule has 0 saturated carbocycles. The molecule has 3 aromatic rings. The number of aryl methyl sites for hydroxylation is 1. The molecule has 0 radical (unpaired) electrons. The second-order valence-electron chi connectivity index (χ2n) is 8.86. The third kappa shape index (κ3) is 5.31. The Hall–Kier alpha value is -3.66. The highest BCUT2D eigenvalue weighted by Crippen LogP contribution is 2.33. The van der Waals surface area contributed by atoms with Crippen LogP contribution in [0.4, 0.5) is 19.1 Å². The second-order valence-corrected chi connectivity index (χ2v) is 8.86. The van der Waals surface area contributed by atoms with Crippen LogP contribution < -0.4 is 21.5 Å². The van der Waals surface area contributed by atoms with Crippen molar-refractivity contribution in [2.24, 2.45) is 13.0 Å². The fourth-order valence-electron chi connectivity index (χ4n) is 4.79. The van der Waals surface area contributed by atoms with Crippen molar-refractivity contribution in [2.45, 2.75) is 38.7 Å². The van der Waals surface area contributed by atoms with Gasteiger partial charge in [0, 0.05) is 39.3 Å². The van der Waals surface area contributed by atoms with Crippen LogP contribution in [-0.2, 0) is 29.7 Å². The predicted molar refractivity (Wildman–Crippen MR) is 127 cm³/mol. The van der Waals surface area contributed by atoms with E-state index >= 15 is 0 Å². The minimum atomic E-state index is -5.08. The van der Waals surface area contributed by atoms with E-state index in [1.165, 1.54) is 15.4 Å². The van der Waals surface area contributed by atoms with Crippen molar-refractivity contribution in [3.05, 3.63) is 39.2 Å². The molecule has 0 aromatic carbocycles. The Balaban J connectivity index is 0.000000426. The fraction of sp³-hybridized carbons (Fsp3) is 0.591. The van der Waals surface area contributed by atoms with Crippen molar-refractivity contribution in [2.75, 3.05) is 37.7 Å². The first-order chi connectivity index (χ1) is 18.0. The highest BCUT2D eigenvalue weighted by molar-refractivity contribution is 5.75. The molecule has 2 saturated heterocycles. The number of rotatable bonds is 7. The Morgan fingerprint density at radius 3 is 2.66 bits per heavy atom. The SMILES string of the molecule is CCOCCn1c(=O)c2c(nc(N3CCC4CNCC43)n2Cc2ncco2)n(C)c1=O.O=C(O)C(F)(F)F. The van der Waals surface area contributed by atoms with Crippen LogP contribution in [-0.4, -0.2) is 79.8 Å². The van der Waals surface area contributed by atoms with Crippen molar-refractivity contribution in [1.82, 2.24) is 29.0 Å². The zero-order valence-corrected chi connectivity index (χ0v) is 20.8. The van der Waals surface area contributed by atoms with E-state index in [9.17, 15) is 22.8 Å². The summed E-state index contributed by atoms with van der Waals surface area (Å²) in [6.07, 6.45) is -0.925. The molecule has 0 bridgehead atoms. The molecule has 0 aliphatic carbocycles. The van der Waals surface area contributed by atoms with Gasteiger partial charge in [-0.3, -0.25) is 18.5 Å². The van der Waals surface area contributed by atoms with Gasteiger partial charge in [0.2, 0.25) is 11.8 Å². The molecule has 3 aromatic heterocycles. The molecule has 2 unspecified atom stereocenters. The van der Waals surface area contributed by atoms with Crippen LogP contribution in [0, 0.1) is 5.92 Å². The number of anilines is 1. The maximum atomic E-state index is 13.5. The average molecular weight is 544 g/mol. The summed E-state index contributed by atoms with van der Waals surface area (Å²) in [7, 11) is 1.65. The quantitative estimate of drug-likeness (QED) is 0.401. The van der Waals surface area contributed by atoms with Crippen LogP contribution >= 0.6 is 0 Å². The van der Waals surface area contributed by atoms with E-state index in [1.807, 2.05) is 11.5 Å². The Morgan fingerprint density at radius 2 is 2.03 bits per heavy atom. The maximum Gasteiger partial charge on any atom is 0.490 e. The number of oxazole rings is 1. The minimum Gasteiger partial charge on any atom is -0.475 e. The number of fused-ring (bicyclic) bond motifs is 2. The van der Waals surface area contributed by atoms with Crippen LogP contribution in [0.1, 0.15) is 19.2 Å². The summed E-state index contributed by atoms with van der Waals surface area (Å²) < 4.78 is 47.1. The molecule has 0 spiro atoms. The maximum absolute atomic E-state index is 13.5. The van der Waals surface area contributed by atoms with Crippen LogP contribution in [0.2, 0.25) is 0 Å². The number of nitrogens with one attached hydrogen (secondary N) is 1. The number of aliphatic carboxylic acids is 1. The number of ether oxygens (including phenoxy) is 1. The number of imidazole rings is 1. The van der Waals surface area contributed by atoms with Gasteiger partial charge in [-0.2, -0.15) is 18.2 Å². The molecule has 2 fully saturated rings. The first-order valence-corrected chi connectivity index (χ1v) is 12.0. The van der Waals surface area contributed by atoms with Gasteiger partial charge in [0.1, 0.15) is 12.8 Å². The van der Waals surface area contributed by atoms with Gasteiger partial charge >= 0.3 is 17.8 Å². The topological polar surface area (TPSA) is 150 Å². The lowest BCUT2D eigenvalue weighted by Crippen LogP contribution is -2.40. The van der Waals surface area contributed by atoms with Gasteiger partial charge in [0.05, 0.1) is 19.3 Å². The van der Waals surface area contributed by atoms with Crippen LogP contribution in [0.25, 0.3) is 11.2 Å². The largest absolute Gasteiger partial charge is 0.490 e. The highest BCUT2D eigenvalue weighted by atomic mass is 19.4. The monoisotopic (exact) mass is 543 g/mol. The molecule has 2 aliphatic rings. The Morgan fingerprint density at radius 1 is 1.29 bits per heavy atom. The van der Waals surface area contributed by atoms with Crippen LogP contribution in [0.3, 0.4) is 0 Å². The van der Waals surface area contributed by atoms with E-state index in [-0.39, 0.29) is 18.6 Å². The number of nitrogens with zero attached hydrogens (tertiary/aromatic N) is 6. The van der Waals surface area contributed by atoms with Gasteiger partial charge in [-0.25, -0.2) is 14.6 Å². The summed E-state index contributed by atoms with van der Waals surface area (Å²) >= 11 is 0. The Bertz CT molecular complexity index is 1400. The standard InChI is InChI=1S/C20H27N7O4.C2HF3O2/c1-3-30-9-7-26-18(28)16-17(24(2)20(26)29)23-19(27(16)12-15-22-5-8-31-15)25-6-4-13-10-21-11-14(13)25;3-2(4,5)1(6)7/h5,8,13-14,21H,3-4,6-7,9-12H2,1-2H3;(H,6,7). The van der Waals surface area contributed by atoms with E-state index in [4.69, 9.17) is 24.0 Å². The van der Waals surface area contributed by atoms with Crippen molar-refractivity contribution >= 4 is 23.1 Å². The van der Waals surface area contributed by atoms with Crippen molar-refractivity contribution < 1.29 is 32.2 Å². The summed E-state index contributed by atoms with van der Waals surface area (Å²) in [5.74, 6) is -1.04. The van der Waals surface area contributed by atoms with E-state index in [0.29, 0.717) is 48.2 Å². The molecule has 2 N–H and O–H groups in total. The minimum absolute atomic E-state index is 0.188. The third-order valence-electron chi connectivity index (χ3n) is 6.60. The summed E-state index contributed by atoms with van der Waals surface area (Å²) in [4.78, 5) is 46.6. The molecule has 2 atom stereocenters. The van der Waals surface area contributed by atoms with Gasteiger partial charge in [-0.05, 0) is 19.3 Å². The van der Waals surface area contributed by atoms with Crippen LogP contribution in [0.15, 0.2) is 26.5 Å². The number of carbonyl (C=O) groups is 1. The van der Waals surface area contributed by atoms with Gasteiger partial charge in [0.15, 0.2) is 11.2 Å². The number of hydrogen-bond donors (Lipinski definition) is 2. The molecule has 5 heterocycles. The number of halogens is 3. The molecule has 0 amide bonds. The van der Waals surface area contributed by atoms with Gasteiger partial charge in [0.25, 0.3) is 5.56 Å². The first kappa shape index (κ1) is 27.4. The molecule has 13 nitrogen and oxygen atoms in total. The van der Waals surface area contributed by atoms with E-state index in [0.717, 1.165) is 26.1 Å². The molecule has 208 valence electrons. The van der Waals surface area contributed by atoms with Crippen LogP contribution in [0.5, 0.6) is 0 Å². The van der Waals surface area contributed by atoms with Gasteiger partial charge in [-0.1, -0.05) is 0 Å². The van der Waals surface area contributed by atoms with E-state index < -0.39 is 17.8 Å². The molecule has 5 rings (SSSR count). The van der Waals surface area contributed by atoms with Crippen molar-refractivity contribution in [3.8, 4) is 0 Å². The first-order valence-electron chi connectivity index (χ1n) is 12.0.